The molecule has 1 aliphatic carbocycles. The van der Waals surface area contributed by atoms with Gasteiger partial charge in [0, 0.05) is 28.0 Å². The lowest BCUT2D eigenvalue weighted by molar-refractivity contribution is -0.509. The molecule has 0 aromatic heterocycles. The van der Waals surface area contributed by atoms with Crippen molar-refractivity contribution < 1.29 is 18.1 Å². The van der Waals surface area contributed by atoms with E-state index in [1.54, 1.807) is 0 Å². The maximum Gasteiger partial charge on any atom is 0.413 e. The summed E-state index contributed by atoms with van der Waals surface area (Å²) >= 11 is 5.34. The zero-order chi connectivity index (χ0) is 10.9. The molecule has 1 atom stereocenters. The molecule has 0 amide bonds. The Balaban J connectivity index is 2.93. The summed E-state index contributed by atoms with van der Waals surface area (Å²) in [5.41, 5.74) is -0.966. The average molecular weight is 228 g/mol. The summed E-state index contributed by atoms with van der Waals surface area (Å²) < 4.78 is 36.5. The number of nitro groups is 1. The third-order valence-electron chi connectivity index (χ3n) is 1.73. The predicted molar refractivity (Wildman–Crippen MR) is 43.5 cm³/mol. The van der Waals surface area contributed by atoms with Gasteiger partial charge in [-0.15, -0.1) is 0 Å². The van der Waals surface area contributed by atoms with E-state index in [0.717, 1.165) is 6.08 Å². The van der Waals surface area contributed by atoms with Crippen molar-refractivity contribution in [2.45, 2.75) is 18.6 Å². The Labute approximate surface area is 82.0 Å². The molecular formula is C7H5ClF3NO2. The van der Waals surface area contributed by atoms with Crippen LogP contribution in [0, 0.1) is 10.1 Å². The number of hydrogen-bond donors (Lipinski definition) is 0. The number of rotatable bonds is 1. The second-order valence-corrected chi connectivity index (χ2v) is 3.21. The lowest BCUT2D eigenvalue weighted by atomic mass is 10.0. The van der Waals surface area contributed by atoms with E-state index in [0.29, 0.717) is 6.08 Å². The molecule has 0 fully saturated rings. The van der Waals surface area contributed by atoms with Crippen LogP contribution in [0.3, 0.4) is 0 Å². The summed E-state index contributed by atoms with van der Waals surface area (Å²) in [6, 6.07) is -1.39. The predicted octanol–water partition coefficient (Wildman–Crippen LogP) is 2.65. The van der Waals surface area contributed by atoms with Gasteiger partial charge in [-0.1, -0.05) is 11.6 Å². The van der Waals surface area contributed by atoms with Crippen molar-refractivity contribution >= 4 is 11.6 Å². The van der Waals surface area contributed by atoms with Gasteiger partial charge in [0.2, 0.25) is 6.04 Å². The van der Waals surface area contributed by atoms with Crippen LogP contribution in [0.15, 0.2) is 22.8 Å². The standard InChI is InChI=1S/C7H5ClF3NO2/c8-5-1-4(7(9,10)11)2-6(3-5)12(13)14/h1,3,6H,2H2. The molecule has 0 aliphatic heterocycles. The number of nitrogens with zero attached hydrogens (tertiary/aromatic N) is 1. The molecule has 7 heteroatoms. The first-order chi connectivity index (χ1) is 6.30. The summed E-state index contributed by atoms with van der Waals surface area (Å²) in [7, 11) is 0. The number of alkyl halides is 3. The van der Waals surface area contributed by atoms with Crippen LogP contribution in [-0.2, 0) is 0 Å². The third kappa shape index (κ3) is 2.47. The van der Waals surface area contributed by atoms with Gasteiger partial charge in [0.15, 0.2) is 0 Å². The highest BCUT2D eigenvalue weighted by molar-refractivity contribution is 6.31. The lowest BCUT2D eigenvalue weighted by Gasteiger charge is -2.16. The van der Waals surface area contributed by atoms with Gasteiger partial charge in [0.05, 0.1) is 0 Å². The molecule has 0 N–H and O–H groups in total. The van der Waals surface area contributed by atoms with Crippen molar-refractivity contribution in [2.75, 3.05) is 0 Å². The van der Waals surface area contributed by atoms with Crippen molar-refractivity contribution in [3.05, 3.63) is 32.9 Å². The zero-order valence-corrected chi connectivity index (χ0v) is 7.47. The van der Waals surface area contributed by atoms with Crippen molar-refractivity contribution in [1.82, 2.24) is 0 Å². The Morgan fingerprint density at radius 2 is 2.14 bits per heavy atom. The van der Waals surface area contributed by atoms with E-state index >= 15 is 0 Å². The van der Waals surface area contributed by atoms with Gasteiger partial charge in [-0.25, -0.2) is 0 Å². The molecule has 3 nitrogen and oxygen atoms in total. The molecule has 0 aromatic carbocycles. The molecule has 14 heavy (non-hydrogen) atoms. The third-order valence-corrected chi connectivity index (χ3v) is 1.96. The van der Waals surface area contributed by atoms with Crippen LogP contribution in [-0.4, -0.2) is 17.1 Å². The highest BCUT2D eigenvalue weighted by Crippen LogP contribution is 2.34. The Bertz CT molecular complexity index is 321. The second kappa shape index (κ2) is 3.61. The average Bonchev–Trinajstić information content (AvgIpc) is 2.01. The molecule has 0 radical (unpaired) electrons. The van der Waals surface area contributed by atoms with E-state index in [4.69, 9.17) is 11.6 Å². The molecule has 1 aliphatic rings. The maximum absolute atomic E-state index is 12.2. The second-order valence-electron chi connectivity index (χ2n) is 2.78. The van der Waals surface area contributed by atoms with Crippen LogP contribution in [0.4, 0.5) is 13.2 Å². The molecule has 0 saturated carbocycles. The van der Waals surface area contributed by atoms with E-state index < -0.39 is 29.1 Å². The molecule has 0 bridgehead atoms. The minimum Gasteiger partial charge on any atom is -0.264 e. The monoisotopic (exact) mass is 227 g/mol. The minimum absolute atomic E-state index is 0.245. The summed E-state index contributed by atoms with van der Waals surface area (Å²) in [5, 5.41) is 10.0. The lowest BCUT2D eigenvalue weighted by Crippen LogP contribution is -2.25. The number of allylic oxidation sites excluding steroid dienone is 2. The SMILES string of the molecule is O=[N+]([O-])C1C=C(Cl)C=C(C(F)(F)F)C1. The Morgan fingerprint density at radius 3 is 2.57 bits per heavy atom. The van der Waals surface area contributed by atoms with Crippen molar-refractivity contribution in [1.29, 1.82) is 0 Å². The molecule has 1 rings (SSSR count). The largest absolute Gasteiger partial charge is 0.413 e. The highest BCUT2D eigenvalue weighted by atomic mass is 35.5. The van der Waals surface area contributed by atoms with Crippen LogP contribution in [0.25, 0.3) is 0 Å². The fourth-order valence-corrected chi connectivity index (χ4v) is 1.35. The Kier molecular flexibility index (Phi) is 2.84. The van der Waals surface area contributed by atoms with Crippen LogP contribution in [0.5, 0.6) is 0 Å². The van der Waals surface area contributed by atoms with Gasteiger partial charge in [0.25, 0.3) is 0 Å². The smallest absolute Gasteiger partial charge is 0.264 e. The van der Waals surface area contributed by atoms with Crippen LogP contribution < -0.4 is 0 Å². The first kappa shape index (κ1) is 11.0. The molecular weight excluding hydrogens is 223 g/mol. The zero-order valence-electron chi connectivity index (χ0n) is 6.71. The summed E-state index contributed by atoms with van der Waals surface area (Å²) in [5.74, 6) is 0. The van der Waals surface area contributed by atoms with Crippen molar-refractivity contribution in [3.8, 4) is 0 Å². The summed E-state index contributed by atoms with van der Waals surface area (Å²) in [6.07, 6.45) is -3.51. The maximum atomic E-state index is 12.2. The van der Waals surface area contributed by atoms with Gasteiger partial charge < -0.3 is 0 Å². The molecule has 0 heterocycles. The summed E-state index contributed by atoms with van der Waals surface area (Å²) in [4.78, 5) is 9.49. The molecule has 0 aromatic rings. The molecule has 1 unspecified atom stereocenters. The Hall–Kier alpha value is -1.04. The fourth-order valence-electron chi connectivity index (χ4n) is 1.07. The van der Waals surface area contributed by atoms with E-state index in [-0.39, 0.29) is 5.03 Å². The van der Waals surface area contributed by atoms with Gasteiger partial charge in [-0.05, 0) is 6.08 Å². The van der Waals surface area contributed by atoms with Crippen LogP contribution >= 0.6 is 11.6 Å². The van der Waals surface area contributed by atoms with Gasteiger partial charge >= 0.3 is 6.18 Å². The fraction of sp³-hybridized carbons (Fsp3) is 0.429. The number of halogens is 4. The van der Waals surface area contributed by atoms with Crippen LogP contribution in [0.1, 0.15) is 6.42 Å². The topological polar surface area (TPSA) is 43.1 Å². The normalized spacial score (nSPS) is 22.7. The Morgan fingerprint density at radius 1 is 1.57 bits per heavy atom. The summed E-state index contributed by atoms with van der Waals surface area (Å²) in [6.45, 7) is 0. The van der Waals surface area contributed by atoms with Gasteiger partial charge in [0.1, 0.15) is 0 Å². The van der Waals surface area contributed by atoms with E-state index in [9.17, 15) is 23.3 Å². The van der Waals surface area contributed by atoms with E-state index in [1.807, 2.05) is 0 Å². The molecule has 78 valence electrons. The first-order valence-corrected chi connectivity index (χ1v) is 3.97. The van der Waals surface area contributed by atoms with Gasteiger partial charge in [-0.3, -0.25) is 10.1 Å². The van der Waals surface area contributed by atoms with Crippen molar-refractivity contribution in [2.24, 2.45) is 0 Å². The van der Waals surface area contributed by atoms with E-state index in [2.05, 4.69) is 0 Å². The van der Waals surface area contributed by atoms with Crippen LogP contribution in [0.2, 0.25) is 0 Å². The molecule has 0 spiro atoms. The van der Waals surface area contributed by atoms with Crippen molar-refractivity contribution in [3.63, 3.8) is 0 Å². The van der Waals surface area contributed by atoms with E-state index in [1.165, 1.54) is 0 Å². The highest BCUT2D eigenvalue weighted by Gasteiger charge is 2.39. The minimum atomic E-state index is -4.55. The molecule has 0 saturated heterocycles. The quantitative estimate of drug-likeness (QED) is 0.511. The number of hydrogen-bond acceptors (Lipinski definition) is 2. The van der Waals surface area contributed by atoms with Gasteiger partial charge in [-0.2, -0.15) is 13.2 Å². The first-order valence-electron chi connectivity index (χ1n) is 3.59.